The molecule has 2 N–H and O–H groups in total. The van der Waals surface area contributed by atoms with Gasteiger partial charge in [-0.1, -0.05) is 12.1 Å². The van der Waals surface area contributed by atoms with Gasteiger partial charge in [-0.3, -0.25) is 10.1 Å². The van der Waals surface area contributed by atoms with Crippen molar-refractivity contribution < 1.29 is 9.66 Å². The third-order valence-electron chi connectivity index (χ3n) is 2.53. The molecular weight excluding hydrogens is 246 g/mol. The zero-order valence-electron chi connectivity index (χ0n) is 10.3. The van der Waals surface area contributed by atoms with E-state index in [1.165, 1.54) is 12.1 Å². The van der Waals surface area contributed by atoms with Gasteiger partial charge in [-0.05, 0) is 19.1 Å². The Labute approximate surface area is 110 Å². The molecule has 2 rings (SSSR count). The van der Waals surface area contributed by atoms with Crippen LogP contribution >= 0.6 is 0 Å². The van der Waals surface area contributed by atoms with Gasteiger partial charge in [0, 0.05) is 23.9 Å². The van der Waals surface area contributed by atoms with E-state index in [0.29, 0.717) is 11.6 Å². The lowest BCUT2D eigenvalue weighted by Crippen LogP contribution is -2.07. The fraction of sp³-hybridized carbons (Fsp3) is 0.154. The number of pyridine rings is 1. The quantitative estimate of drug-likeness (QED) is 0.673. The molecule has 0 spiro atoms. The van der Waals surface area contributed by atoms with E-state index in [9.17, 15) is 10.1 Å². The lowest BCUT2D eigenvalue weighted by atomic mass is 10.1. The first-order valence-electron chi connectivity index (χ1n) is 5.70. The molecule has 0 radical (unpaired) electrons. The molecule has 0 aliphatic heterocycles. The normalized spacial score (nSPS) is 11.9. The topological polar surface area (TPSA) is 91.3 Å². The Bertz CT molecular complexity index is 599. The molecular formula is C13H13N3O3. The number of ether oxygens (including phenoxy) is 1. The molecule has 6 heteroatoms. The van der Waals surface area contributed by atoms with E-state index in [2.05, 4.69) is 4.98 Å². The van der Waals surface area contributed by atoms with Gasteiger partial charge in [0.1, 0.15) is 5.75 Å². The lowest BCUT2D eigenvalue weighted by molar-refractivity contribution is -0.384. The summed E-state index contributed by atoms with van der Waals surface area (Å²) in [5.74, 6) is 0.716. The van der Waals surface area contributed by atoms with Crippen LogP contribution in [0.2, 0.25) is 0 Å². The van der Waals surface area contributed by atoms with Crippen LogP contribution in [0.25, 0.3) is 0 Å². The third kappa shape index (κ3) is 3.05. The van der Waals surface area contributed by atoms with E-state index in [0.717, 1.165) is 5.56 Å². The first-order valence-corrected chi connectivity index (χ1v) is 5.70. The van der Waals surface area contributed by atoms with Crippen LogP contribution in [0.3, 0.4) is 0 Å². The number of benzene rings is 1. The first kappa shape index (κ1) is 13.0. The average molecular weight is 259 g/mol. The Morgan fingerprint density at radius 3 is 2.84 bits per heavy atom. The summed E-state index contributed by atoms with van der Waals surface area (Å²) in [5, 5.41) is 10.7. The molecule has 1 aromatic heterocycles. The number of nitrogens with two attached hydrogens (primary N) is 1. The van der Waals surface area contributed by atoms with Gasteiger partial charge in [-0.25, -0.2) is 4.98 Å². The molecule has 2 aromatic rings. The summed E-state index contributed by atoms with van der Waals surface area (Å²) >= 11 is 0. The standard InChI is InChI=1S/C13H13N3O3/c1-9(14)12-6-3-7-15-13(12)19-11-5-2-4-10(8-11)16(17)18/h2-9H,14H2,1H3. The molecule has 0 fully saturated rings. The molecule has 1 aromatic carbocycles. The Kier molecular flexibility index (Phi) is 3.72. The highest BCUT2D eigenvalue weighted by molar-refractivity contribution is 5.41. The highest BCUT2D eigenvalue weighted by atomic mass is 16.6. The van der Waals surface area contributed by atoms with Gasteiger partial charge in [0.2, 0.25) is 5.88 Å². The maximum absolute atomic E-state index is 10.7. The molecule has 6 nitrogen and oxygen atoms in total. The van der Waals surface area contributed by atoms with Crippen molar-refractivity contribution in [2.24, 2.45) is 5.73 Å². The molecule has 0 bridgehead atoms. The molecule has 0 aliphatic rings. The number of hydrogen-bond acceptors (Lipinski definition) is 5. The predicted molar refractivity (Wildman–Crippen MR) is 70.0 cm³/mol. The van der Waals surface area contributed by atoms with Crippen molar-refractivity contribution in [1.82, 2.24) is 4.98 Å². The van der Waals surface area contributed by atoms with Crippen LogP contribution in [0.15, 0.2) is 42.6 Å². The van der Waals surface area contributed by atoms with Crippen molar-refractivity contribution in [2.45, 2.75) is 13.0 Å². The third-order valence-corrected chi connectivity index (χ3v) is 2.53. The Balaban J connectivity index is 2.31. The SMILES string of the molecule is CC(N)c1cccnc1Oc1cccc([N+](=O)[O-])c1. The molecule has 98 valence electrons. The number of rotatable bonds is 4. The number of aromatic nitrogens is 1. The molecule has 0 aliphatic carbocycles. The van der Waals surface area contributed by atoms with Crippen LogP contribution in [-0.4, -0.2) is 9.91 Å². The van der Waals surface area contributed by atoms with Crippen molar-refractivity contribution in [3.8, 4) is 11.6 Å². The van der Waals surface area contributed by atoms with Gasteiger partial charge in [-0.15, -0.1) is 0 Å². The number of hydrogen-bond donors (Lipinski definition) is 1. The largest absolute Gasteiger partial charge is 0.438 e. The van der Waals surface area contributed by atoms with E-state index < -0.39 is 4.92 Å². The summed E-state index contributed by atoms with van der Waals surface area (Å²) in [6.07, 6.45) is 1.58. The van der Waals surface area contributed by atoms with E-state index in [1.54, 1.807) is 24.4 Å². The maximum Gasteiger partial charge on any atom is 0.273 e. The monoisotopic (exact) mass is 259 g/mol. The van der Waals surface area contributed by atoms with E-state index in [1.807, 2.05) is 13.0 Å². The highest BCUT2D eigenvalue weighted by Crippen LogP contribution is 2.28. The predicted octanol–water partition coefficient (Wildman–Crippen LogP) is 2.80. The van der Waals surface area contributed by atoms with Crippen molar-refractivity contribution >= 4 is 5.69 Å². The zero-order valence-corrected chi connectivity index (χ0v) is 10.3. The van der Waals surface area contributed by atoms with E-state index in [4.69, 9.17) is 10.5 Å². The first-order chi connectivity index (χ1) is 9.08. The van der Waals surface area contributed by atoms with Crippen molar-refractivity contribution in [1.29, 1.82) is 0 Å². The van der Waals surface area contributed by atoms with Crippen molar-refractivity contribution in [3.63, 3.8) is 0 Å². The van der Waals surface area contributed by atoms with Gasteiger partial charge in [-0.2, -0.15) is 0 Å². The molecule has 1 heterocycles. The second kappa shape index (κ2) is 5.45. The van der Waals surface area contributed by atoms with Crippen LogP contribution in [0, 0.1) is 10.1 Å². The van der Waals surface area contributed by atoms with Crippen LogP contribution in [-0.2, 0) is 0 Å². The van der Waals surface area contributed by atoms with Gasteiger partial charge in [0.25, 0.3) is 5.69 Å². The fourth-order valence-electron chi connectivity index (χ4n) is 1.61. The van der Waals surface area contributed by atoms with Gasteiger partial charge in [0.05, 0.1) is 11.0 Å². The van der Waals surface area contributed by atoms with Crippen molar-refractivity contribution in [3.05, 3.63) is 58.3 Å². The van der Waals surface area contributed by atoms with E-state index >= 15 is 0 Å². The highest BCUT2D eigenvalue weighted by Gasteiger charge is 2.12. The zero-order chi connectivity index (χ0) is 13.8. The average Bonchev–Trinajstić information content (AvgIpc) is 2.39. The Morgan fingerprint density at radius 2 is 2.16 bits per heavy atom. The summed E-state index contributed by atoms with van der Waals surface area (Å²) in [5.41, 5.74) is 6.53. The van der Waals surface area contributed by atoms with Crippen LogP contribution in [0.5, 0.6) is 11.6 Å². The molecule has 0 saturated heterocycles. The Morgan fingerprint density at radius 1 is 1.37 bits per heavy atom. The second-order valence-electron chi connectivity index (χ2n) is 4.04. The number of non-ortho nitro benzene ring substituents is 1. The summed E-state index contributed by atoms with van der Waals surface area (Å²) in [4.78, 5) is 14.3. The number of nitro groups is 1. The number of nitrogens with zero attached hydrogens (tertiary/aromatic N) is 2. The minimum Gasteiger partial charge on any atom is -0.438 e. The van der Waals surface area contributed by atoms with Crippen LogP contribution in [0.4, 0.5) is 5.69 Å². The molecule has 0 saturated carbocycles. The minimum atomic E-state index is -0.474. The summed E-state index contributed by atoms with van der Waals surface area (Å²) in [7, 11) is 0. The fourth-order valence-corrected chi connectivity index (χ4v) is 1.61. The van der Waals surface area contributed by atoms with E-state index in [-0.39, 0.29) is 11.7 Å². The molecule has 1 unspecified atom stereocenters. The van der Waals surface area contributed by atoms with Crippen molar-refractivity contribution in [2.75, 3.05) is 0 Å². The minimum absolute atomic E-state index is 0.0317. The van der Waals surface area contributed by atoms with Gasteiger partial charge in [0.15, 0.2) is 0 Å². The Hall–Kier alpha value is -2.47. The van der Waals surface area contributed by atoms with Gasteiger partial charge >= 0.3 is 0 Å². The maximum atomic E-state index is 10.7. The smallest absolute Gasteiger partial charge is 0.273 e. The van der Waals surface area contributed by atoms with Crippen LogP contribution < -0.4 is 10.5 Å². The molecule has 1 atom stereocenters. The summed E-state index contributed by atoms with van der Waals surface area (Å²) in [6.45, 7) is 1.82. The summed E-state index contributed by atoms with van der Waals surface area (Å²) in [6, 6.07) is 9.28. The number of nitro benzene ring substituents is 1. The molecule has 0 amide bonds. The van der Waals surface area contributed by atoms with Gasteiger partial charge < -0.3 is 10.5 Å². The molecule has 19 heavy (non-hydrogen) atoms. The van der Waals surface area contributed by atoms with Crippen LogP contribution in [0.1, 0.15) is 18.5 Å². The summed E-state index contributed by atoms with van der Waals surface area (Å²) < 4.78 is 5.57. The lowest BCUT2D eigenvalue weighted by Gasteiger charge is -2.11. The second-order valence-corrected chi connectivity index (χ2v) is 4.04.